The summed E-state index contributed by atoms with van der Waals surface area (Å²) in [4.78, 5) is 62.7. The first kappa shape index (κ1) is 30.7. The van der Waals surface area contributed by atoms with Gasteiger partial charge in [-0.05, 0) is 60.9 Å². The molecule has 4 N–H and O–H groups in total. The first-order valence-corrected chi connectivity index (χ1v) is 16.3. The molecule has 1 aromatic heterocycles. The van der Waals surface area contributed by atoms with Crippen molar-refractivity contribution in [3.63, 3.8) is 0 Å². The number of amides is 4. The summed E-state index contributed by atoms with van der Waals surface area (Å²) in [5, 5.41) is 16.8. The van der Waals surface area contributed by atoms with Crippen LogP contribution in [0.25, 0.3) is 16.6 Å². The van der Waals surface area contributed by atoms with Gasteiger partial charge in [0.05, 0.1) is 22.9 Å². The van der Waals surface area contributed by atoms with Gasteiger partial charge in [0.25, 0.3) is 5.91 Å². The van der Waals surface area contributed by atoms with E-state index >= 15 is 0 Å². The Labute approximate surface area is 272 Å². The maximum absolute atomic E-state index is 12.9. The van der Waals surface area contributed by atoms with E-state index in [0.29, 0.717) is 60.8 Å². The van der Waals surface area contributed by atoms with Crippen molar-refractivity contribution < 1.29 is 19.2 Å². The van der Waals surface area contributed by atoms with Crippen LogP contribution in [0, 0.1) is 11.3 Å². The number of para-hydroxylation sites is 2. The molecule has 4 aliphatic rings. The van der Waals surface area contributed by atoms with Gasteiger partial charge in [-0.1, -0.05) is 24.3 Å². The van der Waals surface area contributed by atoms with E-state index in [9.17, 15) is 19.2 Å². The molecule has 3 fully saturated rings. The third-order valence-electron chi connectivity index (χ3n) is 9.78. The molecule has 1 saturated carbocycles. The zero-order valence-electron chi connectivity index (χ0n) is 26.1. The Balaban J connectivity index is 0.843. The minimum atomic E-state index is -0.641. The highest BCUT2D eigenvalue weighted by atomic mass is 16.2. The topological polar surface area (TPSA) is 160 Å². The van der Waals surface area contributed by atoms with Gasteiger partial charge in [0.1, 0.15) is 6.04 Å². The number of likely N-dealkylation sites (tertiary alicyclic amines) is 1. The number of allylic oxidation sites excluding steroid dienone is 1. The fourth-order valence-corrected chi connectivity index (χ4v) is 7.04. The van der Waals surface area contributed by atoms with Gasteiger partial charge in [-0.25, -0.2) is 4.98 Å². The summed E-state index contributed by atoms with van der Waals surface area (Å²) < 4.78 is 0. The lowest BCUT2D eigenvalue weighted by molar-refractivity contribution is -0.137. The number of nitrogens with zero attached hydrogens (tertiary/aromatic N) is 4. The lowest BCUT2D eigenvalue weighted by Gasteiger charge is -2.32. The van der Waals surface area contributed by atoms with Gasteiger partial charge in [0, 0.05) is 74.7 Å². The molecular formula is C35H38N8O4. The molecule has 12 nitrogen and oxygen atoms in total. The maximum Gasteiger partial charge on any atom is 0.255 e. The Bertz CT molecular complexity index is 1780. The van der Waals surface area contributed by atoms with Crippen LogP contribution in [0.4, 0.5) is 0 Å². The summed E-state index contributed by atoms with van der Waals surface area (Å²) in [5.74, 6) is -0.548. The fourth-order valence-electron chi connectivity index (χ4n) is 7.04. The summed E-state index contributed by atoms with van der Waals surface area (Å²) in [7, 11) is 0. The van der Waals surface area contributed by atoms with Crippen molar-refractivity contribution in [2.24, 2.45) is 5.92 Å². The van der Waals surface area contributed by atoms with Gasteiger partial charge in [-0.3, -0.25) is 34.4 Å². The standard InChI is InChI=1S/C35H38N8O4/c36-16-24(29-19-38-27-3-1-2-4-28(27)40-29)18-37-25-9-11-42(12-10-25)31-14-22(31)15-33(45)39-17-21-5-6-26-23(13-21)20-43(35(26)47)30-7-8-32(44)41-34(30)46/h1-6,13,16,18-19,22,25,30-31,36-37H,7-12,14-15,17,20H2,(H,39,45)(H,41,44,46)/b24-18+,36-16?. The molecule has 47 heavy (non-hydrogen) atoms. The second-order valence-electron chi connectivity index (χ2n) is 12.9. The van der Waals surface area contributed by atoms with Crippen LogP contribution in [0.15, 0.2) is 54.9 Å². The predicted molar refractivity (Wildman–Crippen MR) is 175 cm³/mol. The monoisotopic (exact) mass is 634 g/mol. The molecule has 0 spiro atoms. The number of aromatic nitrogens is 2. The lowest BCUT2D eigenvalue weighted by atomic mass is 10.0. The van der Waals surface area contributed by atoms with Crippen molar-refractivity contribution in [1.82, 2.24) is 35.7 Å². The van der Waals surface area contributed by atoms with Crippen molar-refractivity contribution in [3.8, 4) is 0 Å². The van der Waals surface area contributed by atoms with E-state index in [1.807, 2.05) is 42.6 Å². The van der Waals surface area contributed by atoms with Crippen LogP contribution < -0.4 is 16.0 Å². The molecule has 2 saturated heterocycles. The Hall–Kier alpha value is -4.97. The molecule has 3 aromatic rings. The van der Waals surface area contributed by atoms with Crippen LogP contribution in [-0.4, -0.2) is 80.8 Å². The van der Waals surface area contributed by atoms with Crippen molar-refractivity contribution >= 4 is 46.4 Å². The second kappa shape index (κ2) is 13.0. The number of hydrogen-bond acceptors (Lipinski definition) is 9. The minimum Gasteiger partial charge on any atom is -0.387 e. The average Bonchev–Trinajstić information content (AvgIpc) is 3.77. The van der Waals surface area contributed by atoms with Gasteiger partial charge in [-0.15, -0.1) is 0 Å². The molecular weight excluding hydrogens is 596 g/mol. The summed E-state index contributed by atoms with van der Waals surface area (Å²) in [6, 6.07) is 13.3. The van der Waals surface area contributed by atoms with Crippen molar-refractivity contribution in [2.75, 3.05) is 13.1 Å². The first-order valence-electron chi connectivity index (χ1n) is 16.3. The van der Waals surface area contributed by atoms with Crippen LogP contribution in [0.1, 0.15) is 65.7 Å². The number of piperidine rings is 2. The Morgan fingerprint density at radius 1 is 1.06 bits per heavy atom. The Morgan fingerprint density at radius 3 is 2.66 bits per heavy atom. The van der Waals surface area contributed by atoms with Gasteiger partial charge in [-0.2, -0.15) is 0 Å². The van der Waals surface area contributed by atoms with E-state index in [4.69, 9.17) is 5.41 Å². The molecule has 4 amide bonds. The van der Waals surface area contributed by atoms with Crippen LogP contribution in [0.2, 0.25) is 0 Å². The molecule has 242 valence electrons. The molecule has 7 rings (SSSR count). The van der Waals surface area contributed by atoms with E-state index in [-0.39, 0.29) is 24.1 Å². The lowest BCUT2D eigenvalue weighted by Crippen LogP contribution is -2.52. The number of fused-ring (bicyclic) bond motifs is 2. The number of rotatable bonds is 10. The van der Waals surface area contributed by atoms with E-state index < -0.39 is 11.9 Å². The number of carbonyl (C=O) groups excluding carboxylic acids is 4. The van der Waals surface area contributed by atoms with Gasteiger partial charge in [0.15, 0.2) is 0 Å². The Kier molecular flexibility index (Phi) is 8.50. The first-order chi connectivity index (χ1) is 22.9. The number of imide groups is 1. The summed E-state index contributed by atoms with van der Waals surface area (Å²) in [6.07, 6.45) is 8.95. The highest BCUT2D eigenvalue weighted by Gasteiger charge is 2.43. The number of hydrogen-bond donors (Lipinski definition) is 4. The fraction of sp³-hybridized carbons (Fsp3) is 0.400. The van der Waals surface area contributed by atoms with Crippen LogP contribution >= 0.6 is 0 Å². The van der Waals surface area contributed by atoms with E-state index in [1.54, 1.807) is 12.3 Å². The smallest absolute Gasteiger partial charge is 0.255 e. The second-order valence-corrected chi connectivity index (χ2v) is 12.9. The molecule has 1 aliphatic carbocycles. The van der Waals surface area contributed by atoms with Crippen LogP contribution in [-0.2, 0) is 27.5 Å². The SMILES string of the molecule is N=C/C(=C\NC1CCN(C2CC2CC(=O)NCc2ccc3c(c2)CN(C2CCC(=O)NC2=O)C3=O)CC1)c1cnc2ccccc2n1. The quantitative estimate of drug-likeness (QED) is 0.196. The molecule has 3 atom stereocenters. The van der Waals surface area contributed by atoms with E-state index in [1.165, 1.54) is 11.1 Å². The normalized spacial score (nSPS) is 23.4. The molecule has 3 aliphatic heterocycles. The molecule has 4 heterocycles. The van der Waals surface area contributed by atoms with Crippen LogP contribution in [0.5, 0.6) is 0 Å². The molecule has 0 radical (unpaired) electrons. The number of benzene rings is 2. The van der Waals surface area contributed by atoms with Crippen molar-refractivity contribution in [2.45, 2.75) is 69.7 Å². The number of nitrogens with one attached hydrogen (secondary N) is 4. The van der Waals surface area contributed by atoms with Crippen molar-refractivity contribution in [3.05, 3.63) is 77.2 Å². The predicted octanol–water partition coefficient (Wildman–Crippen LogP) is 2.53. The van der Waals surface area contributed by atoms with Gasteiger partial charge >= 0.3 is 0 Å². The zero-order chi connectivity index (χ0) is 32.5. The third-order valence-corrected chi connectivity index (χ3v) is 9.78. The van der Waals surface area contributed by atoms with Gasteiger partial charge in [0.2, 0.25) is 17.7 Å². The van der Waals surface area contributed by atoms with E-state index in [2.05, 4.69) is 30.8 Å². The summed E-state index contributed by atoms with van der Waals surface area (Å²) in [5.41, 5.74) is 5.31. The van der Waals surface area contributed by atoms with Crippen LogP contribution in [0.3, 0.4) is 0 Å². The zero-order valence-corrected chi connectivity index (χ0v) is 26.1. The molecule has 12 heteroatoms. The maximum atomic E-state index is 12.9. The molecule has 0 bridgehead atoms. The largest absolute Gasteiger partial charge is 0.387 e. The Morgan fingerprint density at radius 2 is 1.87 bits per heavy atom. The van der Waals surface area contributed by atoms with E-state index in [0.717, 1.165) is 54.5 Å². The molecule has 2 aromatic carbocycles. The summed E-state index contributed by atoms with van der Waals surface area (Å²) >= 11 is 0. The summed E-state index contributed by atoms with van der Waals surface area (Å²) in [6.45, 7) is 2.63. The van der Waals surface area contributed by atoms with Crippen molar-refractivity contribution in [1.29, 1.82) is 5.41 Å². The van der Waals surface area contributed by atoms with Gasteiger partial charge < -0.3 is 20.9 Å². The average molecular weight is 635 g/mol. The third kappa shape index (κ3) is 6.64. The minimum absolute atomic E-state index is 0.0249. The molecule has 3 unspecified atom stereocenters. The highest BCUT2D eigenvalue weighted by molar-refractivity contribution is 6.07. The highest BCUT2D eigenvalue weighted by Crippen LogP contribution is 2.39. The number of carbonyl (C=O) groups is 4.